The number of likely N-dealkylation sites (N-methyl/N-ethyl adjacent to an activating group) is 1. The van der Waals surface area contributed by atoms with Gasteiger partial charge in [0.05, 0.1) is 11.6 Å². The summed E-state index contributed by atoms with van der Waals surface area (Å²) in [6, 6.07) is 5.65. The number of nitriles is 1. The minimum absolute atomic E-state index is 0.647. The zero-order valence-corrected chi connectivity index (χ0v) is 9.17. The lowest BCUT2D eigenvalue weighted by Crippen LogP contribution is -2.22. The van der Waals surface area contributed by atoms with Gasteiger partial charge in [-0.15, -0.1) is 0 Å². The Labute approximate surface area is 90.3 Å². The summed E-state index contributed by atoms with van der Waals surface area (Å²) in [7, 11) is 0. The van der Waals surface area contributed by atoms with Crippen LogP contribution in [0.1, 0.15) is 18.2 Å². The molecule has 0 aliphatic carbocycles. The van der Waals surface area contributed by atoms with Crippen molar-refractivity contribution in [2.45, 2.75) is 13.8 Å². The van der Waals surface area contributed by atoms with Crippen LogP contribution in [0.15, 0.2) is 12.1 Å². The molecule has 1 heterocycles. The van der Waals surface area contributed by atoms with Crippen molar-refractivity contribution >= 4 is 5.82 Å². The molecule has 0 radical (unpaired) electrons. The molecule has 1 rings (SSSR count). The number of anilines is 1. The number of pyridine rings is 1. The molecule has 0 bridgehead atoms. The molecule has 0 aliphatic heterocycles. The Bertz CT molecular complexity index is 354. The molecule has 0 unspecified atom stereocenters. The second-order valence-corrected chi connectivity index (χ2v) is 3.27. The molecule has 0 aromatic carbocycles. The normalized spacial score (nSPS) is 9.67. The van der Waals surface area contributed by atoms with Gasteiger partial charge in [0.2, 0.25) is 0 Å². The molecule has 4 heteroatoms. The van der Waals surface area contributed by atoms with Crippen molar-refractivity contribution in [3.63, 3.8) is 0 Å². The number of nitrogens with zero attached hydrogens (tertiary/aromatic N) is 2. The molecule has 4 nitrogen and oxygen atoms in total. The minimum atomic E-state index is 0.647. The summed E-state index contributed by atoms with van der Waals surface area (Å²) in [5.74, 6) is 0.768. The molecule has 0 saturated carbocycles. The van der Waals surface area contributed by atoms with E-state index in [0.29, 0.717) is 5.56 Å². The Hall–Kier alpha value is -1.60. The first-order valence-corrected chi connectivity index (χ1v) is 5.09. The van der Waals surface area contributed by atoms with E-state index >= 15 is 0 Å². The third-order valence-corrected chi connectivity index (χ3v) is 1.94. The van der Waals surface area contributed by atoms with Gasteiger partial charge in [0.25, 0.3) is 0 Å². The van der Waals surface area contributed by atoms with Crippen molar-refractivity contribution in [1.82, 2.24) is 10.3 Å². The first-order chi connectivity index (χ1) is 7.26. The summed E-state index contributed by atoms with van der Waals surface area (Å²) in [5.41, 5.74) is 1.51. The number of rotatable bonds is 5. The van der Waals surface area contributed by atoms with Crippen LogP contribution < -0.4 is 10.6 Å². The van der Waals surface area contributed by atoms with E-state index in [1.807, 2.05) is 6.92 Å². The Morgan fingerprint density at radius 3 is 2.87 bits per heavy atom. The fraction of sp³-hybridized carbons (Fsp3) is 0.455. The average molecular weight is 204 g/mol. The van der Waals surface area contributed by atoms with Crippen LogP contribution in [-0.4, -0.2) is 24.6 Å². The van der Waals surface area contributed by atoms with Crippen LogP contribution >= 0.6 is 0 Å². The van der Waals surface area contributed by atoms with Gasteiger partial charge < -0.3 is 10.6 Å². The van der Waals surface area contributed by atoms with E-state index < -0.39 is 0 Å². The van der Waals surface area contributed by atoms with Gasteiger partial charge in [0.1, 0.15) is 5.82 Å². The Kier molecular flexibility index (Phi) is 4.58. The lowest BCUT2D eigenvalue weighted by molar-refractivity contribution is 0.737. The van der Waals surface area contributed by atoms with Crippen LogP contribution in [0.2, 0.25) is 0 Å². The monoisotopic (exact) mass is 204 g/mol. The van der Waals surface area contributed by atoms with E-state index in [1.54, 1.807) is 12.1 Å². The molecule has 80 valence electrons. The maximum atomic E-state index is 8.78. The fourth-order valence-corrected chi connectivity index (χ4v) is 1.28. The highest BCUT2D eigenvalue weighted by atomic mass is 15.0. The van der Waals surface area contributed by atoms with Gasteiger partial charge in [-0.2, -0.15) is 5.26 Å². The van der Waals surface area contributed by atoms with Gasteiger partial charge in [0, 0.05) is 18.8 Å². The quantitative estimate of drug-likeness (QED) is 0.709. The standard InChI is InChI=1S/C11H16N4/c1-3-13-4-5-14-11-7-10(8-12)6-9(2)15-11/h6-7,13H,3-5H2,1-2H3,(H,14,15). The summed E-state index contributed by atoms with van der Waals surface area (Å²) in [6.45, 7) is 6.63. The Balaban J connectivity index is 2.54. The average Bonchev–Trinajstić information content (AvgIpc) is 2.23. The van der Waals surface area contributed by atoms with Crippen LogP contribution in [0.5, 0.6) is 0 Å². The third kappa shape index (κ3) is 3.96. The second-order valence-electron chi connectivity index (χ2n) is 3.27. The number of aryl methyl sites for hydroxylation is 1. The first kappa shape index (κ1) is 11.5. The van der Waals surface area contributed by atoms with Crippen LogP contribution in [0.25, 0.3) is 0 Å². The third-order valence-electron chi connectivity index (χ3n) is 1.94. The van der Waals surface area contributed by atoms with Crippen molar-refractivity contribution in [3.05, 3.63) is 23.4 Å². The van der Waals surface area contributed by atoms with Crippen LogP contribution in [0, 0.1) is 18.3 Å². The van der Waals surface area contributed by atoms with E-state index in [0.717, 1.165) is 31.1 Å². The lowest BCUT2D eigenvalue weighted by Gasteiger charge is -2.06. The molecule has 0 fully saturated rings. The van der Waals surface area contributed by atoms with Crippen LogP contribution in [-0.2, 0) is 0 Å². The predicted octanol–water partition coefficient (Wildman–Crippen LogP) is 1.28. The van der Waals surface area contributed by atoms with E-state index in [1.165, 1.54) is 0 Å². The fourth-order valence-electron chi connectivity index (χ4n) is 1.28. The number of hydrogen-bond donors (Lipinski definition) is 2. The Morgan fingerprint density at radius 1 is 1.40 bits per heavy atom. The SMILES string of the molecule is CCNCCNc1cc(C#N)cc(C)n1. The maximum Gasteiger partial charge on any atom is 0.127 e. The molecule has 0 spiro atoms. The van der Waals surface area contributed by atoms with Crippen LogP contribution in [0.4, 0.5) is 5.82 Å². The van der Waals surface area contributed by atoms with Gasteiger partial charge in [-0.25, -0.2) is 4.98 Å². The van der Waals surface area contributed by atoms with Crippen molar-refractivity contribution < 1.29 is 0 Å². The number of nitrogens with one attached hydrogen (secondary N) is 2. The molecule has 0 atom stereocenters. The van der Waals surface area contributed by atoms with Crippen molar-refractivity contribution in [3.8, 4) is 6.07 Å². The zero-order chi connectivity index (χ0) is 11.1. The Morgan fingerprint density at radius 2 is 2.20 bits per heavy atom. The minimum Gasteiger partial charge on any atom is -0.369 e. The maximum absolute atomic E-state index is 8.78. The molecule has 15 heavy (non-hydrogen) atoms. The molecule has 1 aromatic heterocycles. The van der Waals surface area contributed by atoms with Gasteiger partial charge in [0.15, 0.2) is 0 Å². The molecule has 1 aromatic rings. The molecular weight excluding hydrogens is 188 g/mol. The smallest absolute Gasteiger partial charge is 0.127 e. The molecule has 0 aliphatic rings. The van der Waals surface area contributed by atoms with Gasteiger partial charge >= 0.3 is 0 Å². The summed E-state index contributed by atoms with van der Waals surface area (Å²) in [4.78, 5) is 4.29. The van der Waals surface area contributed by atoms with Gasteiger partial charge in [-0.1, -0.05) is 6.92 Å². The first-order valence-electron chi connectivity index (χ1n) is 5.09. The summed E-state index contributed by atoms with van der Waals surface area (Å²) in [6.07, 6.45) is 0. The zero-order valence-electron chi connectivity index (χ0n) is 9.17. The highest BCUT2D eigenvalue weighted by molar-refractivity contribution is 5.44. The highest BCUT2D eigenvalue weighted by Gasteiger charge is 1.98. The van der Waals surface area contributed by atoms with E-state index in [2.05, 4.69) is 28.6 Å². The summed E-state index contributed by atoms with van der Waals surface area (Å²) >= 11 is 0. The largest absolute Gasteiger partial charge is 0.369 e. The topological polar surface area (TPSA) is 60.7 Å². The number of aromatic nitrogens is 1. The molecular formula is C11H16N4. The van der Waals surface area contributed by atoms with Crippen molar-refractivity contribution in [2.75, 3.05) is 25.0 Å². The second kappa shape index (κ2) is 5.99. The van der Waals surface area contributed by atoms with E-state index in [4.69, 9.17) is 5.26 Å². The van der Waals surface area contributed by atoms with E-state index in [9.17, 15) is 0 Å². The lowest BCUT2D eigenvalue weighted by atomic mass is 10.2. The van der Waals surface area contributed by atoms with Crippen LogP contribution in [0.3, 0.4) is 0 Å². The predicted molar refractivity (Wildman–Crippen MR) is 60.7 cm³/mol. The molecule has 2 N–H and O–H groups in total. The molecule has 0 saturated heterocycles. The number of hydrogen-bond acceptors (Lipinski definition) is 4. The van der Waals surface area contributed by atoms with Gasteiger partial charge in [-0.3, -0.25) is 0 Å². The van der Waals surface area contributed by atoms with Crippen molar-refractivity contribution in [1.29, 1.82) is 5.26 Å². The summed E-state index contributed by atoms with van der Waals surface area (Å²) in [5, 5.41) is 15.2. The van der Waals surface area contributed by atoms with Crippen molar-refractivity contribution in [2.24, 2.45) is 0 Å². The van der Waals surface area contributed by atoms with E-state index in [-0.39, 0.29) is 0 Å². The highest BCUT2D eigenvalue weighted by Crippen LogP contribution is 2.08. The summed E-state index contributed by atoms with van der Waals surface area (Å²) < 4.78 is 0. The molecule has 0 amide bonds. The van der Waals surface area contributed by atoms with Gasteiger partial charge in [-0.05, 0) is 25.6 Å².